The molecule has 0 bridgehead atoms. The highest BCUT2D eigenvalue weighted by Gasteiger charge is 2.49. The first-order valence-electron chi connectivity index (χ1n) is 8.84. The molecular formula is C18H34O4. The maximum absolute atomic E-state index is 6.26. The van der Waals surface area contributed by atoms with E-state index in [1.165, 1.54) is 0 Å². The van der Waals surface area contributed by atoms with Crippen molar-refractivity contribution in [1.29, 1.82) is 0 Å². The molecule has 0 aromatic rings. The highest BCUT2D eigenvalue weighted by molar-refractivity contribution is 4.88. The van der Waals surface area contributed by atoms with Gasteiger partial charge >= 0.3 is 0 Å². The Balaban J connectivity index is 2.17. The van der Waals surface area contributed by atoms with E-state index in [0.717, 1.165) is 0 Å². The lowest BCUT2D eigenvalue weighted by molar-refractivity contribution is -0.428. The molecule has 22 heavy (non-hydrogen) atoms. The molecule has 0 radical (unpaired) electrons. The van der Waals surface area contributed by atoms with Crippen LogP contribution in [0.4, 0.5) is 0 Å². The quantitative estimate of drug-likeness (QED) is 0.790. The monoisotopic (exact) mass is 314 g/mol. The van der Waals surface area contributed by atoms with Crippen molar-refractivity contribution in [1.82, 2.24) is 0 Å². The van der Waals surface area contributed by atoms with Crippen molar-refractivity contribution < 1.29 is 18.9 Å². The van der Waals surface area contributed by atoms with E-state index in [-0.39, 0.29) is 24.4 Å². The number of rotatable bonds is 4. The third-order valence-electron chi connectivity index (χ3n) is 4.66. The summed E-state index contributed by atoms with van der Waals surface area (Å²) in [5.74, 6) is 1.55. The standard InChI is InChI=1S/C18H34O4/c1-9(2)13-14(10(3)4)20-18-17(19-13)21-15(11(5)6)16(22-18)12(7)8/h9-18H,1-8H3. The lowest BCUT2D eigenvalue weighted by atomic mass is 9.91. The normalized spacial score (nSPS) is 39.8. The molecule has 0 aromatic heterocycles. The molecule has 2 heterocycles. The summed E-state index contributed by atoms with van der Waals surface area (Å²) in [6.45, 7) is 17.4. The van der Waals surface area contributed by atoms with Crippen molar-refractivity contribution in [2.45, 2.75) is 92.4 Å². The Morgan fingerprint density at radius 1 is 0.409 bits per heavy atom. The van der Waals surface area contributed by atoms with Crippen LogP contribution in [0.1, 0.15) is 55.4 Å². The maximum Gasteiger partial charge on any atom is 0.210 e. The summed E-state index contributed by atoms with van der Waals surface area (Å²) in [4.78, 5) is 0. The van der Waals surface area contributed by atoms with E-state index in [1.807, 2.05) is 0 Å². The first kappa shape index (κ1) is 18.2. The van der Waals surface area contributed by atoms with Crippen LogP contribution in [0.3, 0.4) is 0 Å². The molecule has 0 spiro atoms. The molecule has 0 saturated carbocycles. The fourth-order valence-corrected chi connectivity index (χ4v) is 3.40. The highest BCUT2D eigenvalue weighted by atomic mass is 16.8. The Kier molecular flexibility index (Phi) is 5.92. The van der Waals surface area contributed by atoms with Crippen molar-refractivity contribution >= 4 is 0 Å². The summed E-state index contributed by atoms with van der Waals surface area (Å²) in [6.07, 6.45) is -0.627. The molecule has 4 nitrogen and oxygen atoms in total. The van der Waals surface area contributed by atoms with Gasteiger partial charge in [0.1, 0.15) is 0 Å². The third kappa shape index (κ3) is 3.66. The second-order valence-corrected chi connectivity index (χ2v) is 8.12. The zero-order chi connectivity index (χ0) is 16.6. The minimum atomic E-state index is -0.412. The lowest BCUT2D eigenvalue weighted by Crippen LogP contribution is -2.62. The van der Waals surface area contributed by atoms with Gasteiger partial charge in [0.2, 0.25) is 12.6 Å². The fraction of sp³-hybridized carbons (Fsp3) is 1.00. The molecule has 0 amide bonds. The Bertz CT molecular complexity index is 287. The zero-order valence-electron chi connectivity index (χ0n) is 15.4. The van der Waals surface area contributed by atoms with Gasteiger partial charge < -0.3 is 18.9 Å². The number of hydrogen-bond donors (Lipinski definition) is 0. The van der Waals surface area contributed by atoms with Gasteiger partial charge in [0.25, 0.3) is 0 Å². The van der Waals surface area contributed by atoms with E-state index in [9.17, 15) is 0 Å². The van der Waals surface area contributed by atoms with Gasteiger partial charge in [0.15, 0.2) is 0 Å². The van der Waals surface area contributed by atoms with Crippen LogP contribution in [0.2, 0.25) is 0 Å². The van der Waals surface area contributed by atoms with Crippen LogP contribution in [0, 0.1) is 23.7 Å². The van der Waals surface area contributed by atoms with Gasteiger partial charge in [-0.05, 0) is 23.7 Å². The van der Waals surface area contributed by atoms with Crippen molar-refractivity contribution in [3.63, 3.8) is 0 Å². The van der Waals surface area contributed by atoms with E-state index >= 15 is 0 Å². The fourth-order valence-electron chi connectivity index (χ4n) is 3.40. The van der Waals surface area contributed by atoms with E-state index < -0.39 is 12.6 Å². The van der Waals surface area contributed by atoms with Crippen LogP contribution < -0.4 is 0 Å². The summed E-state index contributed by atoms with van der Waals surface area (Å²) in [7, 11) is 0. The van der Waals surface area contributed by atoms with Crippen LogP contribution in [0.25, 0.3) is 0 Å². The van der Waals surface area contributed by atoms with Crippen LogP contribution >= 0.6 is 0 Å². The predicted molar refractivity (Wildman–Crippen MR) is 86.4 cm³/mol. The molecule has 2 rings (SSSR count). The van der Waals surface area contributed by atoms with E-state index in [1.54, 1.807) is 0 Å². The van der Waals surface area contributed by atoms with Crippen molar-refractivity contribution in [2.24, 2.45) is 23.7 Å². The molecular weight excluding hydrogens is 280 g/mol. The Morgan fingerprint density at radius 3 is 0.727 bits per heavy atom. The molecule has 0 aromatic carbocycles. The molecule has 2 aliphatic rings. The lowest BCUT2D eigenvalue weighted by Gasteiger charge is -2.51. The Morgan fingerprint density at radius 2 is 0.591 bits per heavy atom. The van der Waals surface area contributed by atoms with Crippen LogP contribution in [0.15, 0.2) is 0 Å². The minimum absolute atomic E-state index is 0.0493. The van der Waals surface area contributed by atoms with Gasteiger partial charge in [-0.3, -0.25) is 0 Å². The summed E-state index contributed by atoms with van der Waals surface area (Å²) < 4.78 is 25.0. The minimum Gasteiger partial charge on any atom is -0.342 e. The Labute approximate surface area is 135 Å². The summed E-state index contributed by atoms with van der Waals surface area (Å²) >= 11 is 0. The highest BCUT2D eigenvalue weighted by Crippen LogP contribution is 2.37. The Hall–Kier alpha value is -0.160. The zero-order valence-corrected chi connectivity index (χ0v) is 15.4. The second-order valence-electron chi connectivity index (χ2n) is 8.12. The number of hydrogen-bond acceptors (Lipinski definition) is 4. The molecule has 0 aliphatic carbocycles. The van der Waals surface area contributed by atoms with Crippen LogP contribution in [-0.4, -0.2) is 37.0 Å². The molecule has 2 aliphatic heterocycles. The summed E-state index contributed by atoms with van der Waals surface area (Å²) in [5, 5.41) is 0. The molecule has 4 atom stereocenters. The maximum atomic E-state index is 6.26. The molecule has 0 N–H and O–H groups in total. The van der Waals surface area contributed by atoms with Gasteiger partial charge in [-0.1, -0.05) is 55.4 Å². The largest absolute Gasteiger partial charge is 0.342 e. The van der Waals surface area contributed by atoms with Crippen molar-refractivity contribution in [3.8, 4) is 0 Å². The average molecular weight is 314 g/mol. The van der Waals surface area contributed by atoms with E-state index in [4.69, 9.17) is 18.9 Å². The molecule has 4 unspecified atom stereocenters. The summed E-state index contributed by atoms with van der Waals surface area (Å²) in [6, 6.07) is 0. The van der Waals surface area contributed by atoms with Gasteiger partial charge in [0.05, 0.1) is 24.4 Å². The van der Waals surface area contributed by atoms with Crippen molar-refractivity contribution in [3.05, 3.63) is 0 Å². The van der Waals surface area contributed by atoms with Gasteiger partial charge in [-0.2, -0.15) is 0 Å². The molecule has 130 valence electrons. The van der Waals surface area contributed by atoms with Crippen LogP contribution in [0.5, 0.6) is 0 Å². The molecule has 2 fully saturated rings. The van der Waals surface area contributed by atoms with Gasteiger partial charge in [-0.25, -0.2) is 0 Å². The molecule has 2 saturated heterocycles. The van der Waals surface area contributed by atoms with Crippen LogP contribution in [-0.2, 0) is 18.9 Å². The first-order chi connectivity index (χ1) is 10.2. The summed E-state index contributed by atoms with van der Waals surface area (Å²) in [5.41, 5.74) is 0. The predicted octanol–water partition coefficient (Wildman–Crippen LogP) is 3.83. The second kappa shape index (κ2) is 7.16. The van der Waals surface area contributed by atoms with E-state index in [2.05, 4.69) is 55.4 Å². The first-order valence-corrected chi connectivity index (χ1v) is 8.84. The number of ether oxygens (including phenoxy) is 4. The van der Waals surface area contributed by atoms with Crippen molar-refractivity contribution in [2.75, 3.05) is 0 Å². The number of fused-ring (bicyclic) bond motifs is 1. The van der Waals surface area contributed by atoms with Gasteiger partial charge in [0, 0.05) is 0 Å². The average Bonchev–Trinajstić information content (AvgIpc) is 2.43. The third-order valence-corrected chi connectivity index (χ3v) is 4.66. The van der Waals surface area contributed by atoms with Gasteiger partial charge in [-0.15, -0.1) is 0 Å². The molecule has 4 heteroatoms. The topological polar surface area (TPSA) is 36.9 Å². The SMILES string of the molecule is CC(C)C1OC2OC(C(C)C)C(C(C)C)OC2OC1C(C)C. The van der Waals surface area contributed by atoms with E-state index in [0.29, 0.717) is 23.7 Å². The smallest absolute Gasteiger partial charge is 0.210 e.